The summed E-state index contributed by atoms with van der Waals surface area (Å²) in [6.07, 6.45) is 2.15. The molecule has 0 spiro atoms. The molecule has 10 heteroatoms. The molecular formula is C22H29FN6O2S. The quantitative estimate of drug-likeness (QED) is 0.561. The second-order valence-electron chi connectivity index (χ2n) is 9.07. The van der Waals surface area contributed by atoms with E-state index in [9.17, 15) is 9.18 Å². The Morgan fingerprint density at radius 3 is 2.75 bits per heavy atom. The van der Waals surface area contributed by atoms with Crippen LogP contribution in [0, 0.1) is 5.82 Å². The van der Waals surface area contributed by atoms with E-state index in [2.05, 4.69) is 31.4 Å². The average Bonchev–Trinajstić information content (AvgIpc) is 3.44. The fraction of sp³-hybridized carbons (Fsp3) is 0.500. The van der Waals surface area contributed by atoms with Crippen LogP contribution in [0.5, 0.6) is 0 Å². The van der Waals surface area contributed by atoms with Crippen molar-refractivity contribution in [2.45, 2.75) is 45.3 Å². The summed E-state index contributed by atoms with van der Waals surface area (Å²) in [5, 5.41) is 11.8. The molecular weight excluding hydrogens is 431 g/mol. The zero-order valence-corrected chi connectivity index (χ0v) is 19.6. The van der Waals surface area contributed by atoms with Crippen molar-refractivity contribution in [3.63, 3.8) is 0 Å². The highest BCUT2D eigenvalue weighted by Crippen LogP contribution is 2.34. The number of hydrogen-bond donors (Lipinski definition) is 2. The normalized spacial score (nSPS) is 16.5. The Labute approximate surface area is 190 Å². The van der Waals surface area contributed by atoms with Gasteiger partial charge in [0.05, 0.1) is 12.6 Å². The number of carbonyl (C=O) groups excluding carboxylic acids is 1. The lowest BCUT2D eigenvalue weighted by Crippen LogP contribution is -2.38. The standard InChI is InChI=1S/C22H29FN6O2S/c1-22(2,3)26-19-18(14-7-9-15(23)10-8-14)25-20-29(19)27-21(32-20)28(4)13-17(30)24-12-16-6-5-11-31-16/h7-10,16,26H,5-6,11-13H2,1-4H3,(H,24,30). The fourth-order valence-electron chi connectivity index (χ4n) is 3.54. The lowest BCUT2D eigenvalue weighted by molar-refractivity contribution is -0.120. The molecule has 1 unspecified atom stereocenters. The second-order valence-corrected chi connectivity index (χ2v) is 10.00. The largest absolute Gasteiger partial charge is 0.376 e. The highest BCUT2D eigenvalue weighted by Gasteiger charge is 2.24. The maximum absolute atomic E-state index is 13.4. The summed E-state index contributed by atoms with van der Waals surface area (Å²) >= 11 is 1.40. The zero-order chi connectivity index (χ0) is 22.9. The molecule has 0 bridgehead atoms. The van der Waals surface area contributed by atoms with Crippen molar-refractivity contribution < 1.29 is 13.9 Å². The van der Waals surface area contributed by atoms with Crippen molar-refractivity contribution in [1.29, 1.82) is 0 Å². The Balaban J connectivity index is 1.54. The Kier molecular flexibility index (Phi) is 6.34. The Morgan fingerprint density at radius 2 is 2.09 bits per heavy atom. The lowest BCUT2D eigenvalue weighted by atomic mass is 10.1. The number of anilines is 2. The minimum atomic E-state index is -0.292. The van der Waals surface area contributed by atoms with Gasteiger partial charge in [-0.3, -0.25) is 4.79 Å². The molecule has 2 N–H and O–H groups in total. The molecule has 0 radical (unpaired) electrons. The topological polar surface area (TPSA) is 83.8 Å². The van der Waals surface area contributed by atoms with Crippen molar-refractivity contribution in [3.8, 4) is 11.3 Å². The molecule has 32 heavy (non-hydrogen) atoms. The number of hydrogen-bond acceptors (Lipinski definition) is 7. The van der Waals surface area contributed by atoms with Crippen LogP contribution in [0.1, 0.15) is 33.6 Å². The SMILES string of the molecule is CN(CC(=O)NCC1CCCO1)c1nn2c(NC(C)(C)C)c(-c3ccc(F)cc3)nc2s1. The van der Waals surface area contributed by atoms with Crippen molar-refractivity contribution >= 4 is 33.2 Å². The van der Waals surface area contributed by atoms with E-state index >= 15 is 0 Å². The highest BCUT2D eigenvalue weighted by atomic mass is 32.1. The van der Waals surface area contributed by atoms with Crippen LogP contribution in [-0.2, 0) is 9.53 Å². The van der Waals surface area contributed by atoms with Crippen LogP contribution in [0.3, 0.4) is 0 Å². The van der Waals surface area contributed by atoms with E-state index in [0.717, 1.165) is 30.8 Å². The molecule has 0 aliphatic carbocycles. The smallest absolute Gasteiger partial charge is 0.239 e. The summed E-state index contributed by atoms with van der Waals surface area (Å²) in [4.78, 5) is 19.6. The number of fused-ring (bicyclic) bond motifs is 1. The maximum atomic E-state index is 13.4. The van der Waals surface area contributed by atoms with Crippen LogP contribution in [0.2, 0.25) is 0 Å². The van der Waals surface area contributed by atoms with E-state index in [1.807, 2.05) is 11.9 Å². The van der Waals surface area contributed by atoms with Gasteiger partial charge in [-0.15, -0.1) is 5.10 Å². The van der Waals surface area contributed by atoms with Gasteiger partial charge in [-0.1, -0.05) is 11.3 Å². The molecule has 1 atom stereocenters. The summed E-state index contributed by atoms with van der Waals surface area (Å²) < 4.78 is 20.7. The first-order valence-corrected chi connectivity index (χ1v) is 11.5. The maximum Gasteiger partial charge on any atom is 0.239 e. The third kappa shape index (κ3) is 5.18. The van der Waals surface area contributed by atoms with Crippen molar-refractivity contribution in [2.75, 3.05) is 37.0 Å². The minimum Gasteiger partial charge on any atom is -0.376 e. The van der Waals surface area contributed by atoms with Crippen LogP contribution in [-0.4, -0.2) is 58.9 Å². The van der Waals surface area contributed by atoms with E-state index in [4.69, 9.17) is 14.8 Å². The number of carbonyl (C=O) groups is 1. The molecule has 1 fully saturated rings. The molecule has 1 saturated heterocycles. The van der Waals surface area contributed by atoms with Gasteiger partial charge in [0.2, 0.25) is 16.0 Å². The van der Waals surface area contributed by atoms with E-state index in [1.54, 1.807) is 16.6 Å². The van der Waals surface area contributed by atoms with Gasteiger partial charge in [-0.2, -0.15) is 4.52 Å². The number of likely N-dealkylation sites (N-methyl/N-ethyl adjacent to an activating group) is 1. The van der Waals surface area contributed by atoms with Crippen LogP contribution in [0.15, 0.2) is 24.3 Å². The van der Waals surface area contributed by atoms with Crippen molar-refractivity contribution in [1.82, 2.24) is 19.9 Å². The number of amides is 1. The first kappa shape index (κ1) is 22.5. The molecule has 0 saturated carbocycles. The molecule has 3 heterocycles. The predicted octanol–water partition coefficient (Wildman–Crippen LogP) is 3.54. The zero-order valence-electron chi connectivity index (χ0n) is 18.8. The average molecular weight is 461 g/mol. The third-order valence-corrected chi connectivity index (χ3v) is 6.08. The second kappa shape index (κ2) is 9.03. The van der Waals surface area contributed by atoms with Gasteiger partial charge >= 0.3 is 0 Å². The van der Waals surface area contributed by atoms with Gasteiger partial charge in [0.25, 0.3) is 0 Å². The van der Waals surface area contributed by atoms with Gasteiger partial charge in [0.1, 0.15) is 11.5 Å². The minimum absolute atomic E-state index is 0.0733. The first-order valence-electron chi connectivity index (χ1n) is 10.7. The summed E-state index contributed by atoms with van der Waals surface area (Å²) in [7, 11) is 1.83. The fourth-order valence-corrected chi connectivity index (χ4v) is 4.40. The summed E-state index contributed by atoms with van der Waals surface area (Å²) in [6, 6.07) is 6.26. The van der Waals surface area contributed by atoms with Gasteiger partial charge in [-0.25, -0.2) is 9.37 Å². The summed E-state index contributed by atoms with van der Waals surface area (Å²) in [5.41, 5.74) is 1.28. The Hall–Kier alpha value is -2.72. The number of halogens is 1. The van der Waals surface area contributed by atoms with Crippen LogP contribution >= 0.6 is 11.3 Å². The van der Waals surface area contributed by atoms with E-state index in [-0.39, 0.29) is 29.9 Å². The van der Waals surface area contributed by atoms with Gasteiger partial charge in [0, 0.05) is 31.3 Å². The summed E-state index contributed by atoms with van der Waals surface area (Å²) in [5.74, 6) is 0.369. The number of aromatic nitrogens is 3. The first-order chi connectivity index (χ1) is 15.2. The summed E-state index contributed by atoms with van der Waals surface area (Å²) in [6.45, 7) is 7.66. The molecule has 2 aromatic heterocycles. The molecule has 1 aliphatic heterocycles. The molecule has 1 aromatic carbocycles. The van der Waals surface area contributed by atoms with Crippen molar-refractivity contribution in [3.05, 3.63) is 30.1 Å². The molecule has 172 valence electrons. The molecule has 4 rings (SSSR count). The van der Waals surface area contributed by atoms with E-state index < -0.39 is 0 Å². The highest BCUT2D eigenvalue weighted by molar-refractivity contribution is 7.20. The number of ether oxygens (including phenoxy) is 1. The van der Waals surface area contributed by atoms with Gasteiger partial charge in [-0.05, 0) is 57.9 Å². The molecule has 8 nitrogen and oxygen atoms in total. The third-order valence-electron chi connectivity index (χ3n) is 5.06. The monoisotopic (exact) mass is 460 g/mol. The number of rotatable bonds is 7. The number of benzene rings is 1. The molecule has 1 aliphatic rings. The lowest BCUT2D eigenvalue weighted by Gasteiger charge is -2.22. The number of imidazole rings is 1. The van der Waals surface area contributed by atoms with Crippen molar-refractivity contribution in [2.24, 2.45) is 0 Å². The van der Waals surface area contributed by atoms with Crippen LogP contribution in [0.25, 0.3) is 16.2 Å². The van der Waals surface area contributed by atoms with Gasteiger partial charge < -0.3 is 20.3 Å². The number of nitrogens with zero attached hydrogens (tertiary/aromatic N) is 4. The van der Waals surface area contributed by atoms with E-state index in [1.165, 1.54) is 23.5 Å². The van der Waals surface area contributed by atoms with E-state index in [0.29, 0.717) is 22.3 Å². The Morgan fingerprint density at radius 1 is 1.34 bits per heavy atom. The van der Waals surface area contributed by atoms with Crippen LogP contribution < -0.4 is 15.5 Å². The number of nitrogens with one attached hydrogen (secondary N) is 2. The molecule has 3 aromatic rings. The molecule has 1 amide bonds. The Bertz CT molecular complexity index is 1080. The van der Waals surface area contributed by atoms with Crippen LogP contribution in [0.4, 0.5) is 15.3 Å². The van der Waals surface area contributed by atoms with Gasteiger partial charge in [0.15, 0.2) is 5.82 Å². The predicted molar refractivity (Wildman–Crippen MR) is 125 cm³/mol.